The Hall–Kier alpha value is -4.72. The summed E-state index contributed by atoms with van der Waals surface area (Å²) in [5.74, 6) is -4.36. The SMILES string of the molecule is NC(=O)c1cc(-c2cccnc2C(Cc2cc(F)cc(F)c2)NC(=O)C[C@@H]2OCCc3[nH]nc(C(F)(F)F)c32)ccc1F. The molecule has 3 heterocycles. The van der Waals surface area contributed by atoms with Gasteiger partial charge in [0.2, 0.25) is 5.91 Å². The Balaban J connectivity index is 1.51. The zero-order valence-electron chi connectivity index (χ0n) is 22.1. The van der Waals surface area contributed by atoms with Crippen molar-refractivity contribution >= 4 is 11.8 Å². The minimum absolute atomic E-state index is 0.0492. The molecule has 1 aliphatic rings. The second-order valence-corrected chi connectivity index (χ2v) is 9.87. The first-order valence-corrected chi connectivity index (χ1v) is 13.0. The molecule has 14 heteroatoms. The minimum Gasteiger partial charge on any atom is -0.372 e. The predicted molar refractivity (Wildman–Crippen MR) is 140 cm³/mol. The van der Waals surface area contributed by atoms with Gasteiger partial charge in [0, 0.05) is 35.5 Å². The predicted octanol–water partition coefficient (Wildman–Crippen LogP) is 5.11. The van der Waals surface area contributed by atoms with E-state index >= 15 is 0 Å². The van der Waals surface area contributed by atoms with Crippen molar-refractivity contribution in [1.29, 1.82) is 0 Å². The van der Waals surface area contributed by atoms with E-state index in [4.69, 9.17) is 10.5 Å². The van der Waals surface area contributed by atoms with Crippen LogP contribution in [-0.4, -0.2) is 33.6 Å². The largest absolute Gasteiger partial charge is 0.435 e. The van der Waals surface area contributed by atoms with Gasteiger partial charge < -0.3 is 15.8 Å². The Morgan fingerprint density at radius 3 is 2.53 bits per heavy atom. The van der Waals surface area contributed by atoms with E-state index in [1.54, 1.807) is 12.1 Å². The van der Waals surface area contributed by atoms with Gasteiger partial charge in [-0.15, -0.1) is 0 Å². The van der Waals surface area contributed by atoms with Gasteiger partial charge in [-0.2, -0.15) is 18.3 Å². The summed E-state index contributed by atoms with van der Waals surface area (Å²) in [6, 6.07) is 8.42. The molecule has 2 aromatic heterocycles. The zero-order valence-corrected chi connectivity index (χ0v) is 22.1. The highest BCUT2D eigenvalue weighted by Crippen LogP contribution is 2.39. The Kier molecular flexibility index (Phi) is 8.22. The number of nitrogens with one attached hydrogen (secondary N) is 2. The van der Waals surface area contributed by atoms with Crippen LogP contribution >= 0.6 is 0 Å². The number of primary amides is 1. The van der Waals surface area contributed by atoms with Crippen molar-refractivity contribution in [1.82, 2.24) is 20.5 Å². The molecule has 5 rings (SSSR count). The standard InChI is InChI=1S/C29H23F6N5O3/c30-16-8-14(9-17(31)12-16)10-22(26-18(2-1-6-37-26)15-3-4-20(32)19(11-15)28(36)42)38-24(41)13-23-25-21(5-7-43-23)39-40-27(25)29(33,34)35/h1-4,6,8-9,11-12,22-23H,5,7,10,13H2,(H2,36,42)(H,38,41)(H,39,40)/t22?,23-/m0/s1. The maximum atomic E-state index is 14.2. The molecule has 0 radical (unpaired) electrons. The molecule has 0 fully saturated rings. The highest BCUT2D eigenvalue weighted by Gasteiger charge is 2.42. The van der Waals surface area contributed by atoms with E-state index in [9.17, 15) is 35.9 Å². The molecule has 224 valence electrons. The number of carbonyl (C=O) groups is 2. The van der Waals surface area contributed by atoms with Crippen LogP contribution in [0.5, 0.6) is 0 Å². The lowest BCUT2D eigenvalue weighted by Crippen LogP contribution is -2.33. The Bertz CT molecular complexity index is 1670. The average molecular weight is 604 g/mol. The smallest absolute Gasteiger partial charge is 0.372 e. The third-order valence-corrected chi connectivity index (χ3v) is 6.92. The third kappa shape index (κ3) is 6.53. The fraction of sp³-hybridized carbons (Fsp3) is 0.241. The van der Waals surface area contributed by atoms with Crippen LogP contribution in [0.3, 0.4) is 0 Å². The van der Waals surface area contributed by atoms with Gasteiger partial charge in [0.25, 0.3) is 5.91 Å². The molecule has 8 nitrogen and oxygen atoms in total. The van der Waals surface area contributed by atoms with Gasteiger partial charge >= 0.3 is 6.18 Å². The van der Waals surface area contributed by atoms with Gasteiger partial charge in [-0.25, -0.2) is 13.2 Å². The van der Waals surface area contributed by atoms with Crippen LogP contribution in [0, 0.1) is 17.5 Å². The number of amides is 2. The second kappa shape index (κ2) is 11.9. The zero-order chi connectivity index (χ0) is 30.9. The van der Waals surface area contributed by atoms with Crippen molar-refractivity contribution in [3.63, 3.8) is 0 Å². The van der Waals surface area contributed by atoms with E-state index in [1.165, 1.54) is 18.3 Å². The number of H-pyrrole nitrogens is 1. The first kappa shape index (κ1) is 29.8. The van der Waals surface area contributed by atoms with Gasteiger partial charge in [0.05, 0.1) is 36.4 Å². The summed E-state index contributed by atoms with van der Waals surface area (Å²) < 4.78 is 88.7. The number of fused-ring (bicyclic) bond motifs is 1. The van der Waals surface area contributed by atoms with Crippen LogP contribution in [0.4, 0.5) is 26.3 Å². The first-order chi connectivity index (χ1) is 20.4. The Morgan fingerprint density at radius 1 is 1.09 bits per heavy atom. The average Bonchev–Trinajstić information content (AvgIpc) is 3.38. The van der Waals surface area contributed by atoms with Crippen LogP contribution in [0.25, 0.3) is 11.1 Å². The summed E-state index contributed by atoms with van der Waals surface area (Å²) in [6.45, 7) is 0.0492. The van der Waals surface area contributed by atoms with E-state index in [0.717, 1.165) is 18.2 Å². The number of nitrogens with two attached hydrogens (primary N) is 1. The van der Waals surface area contributed by atoms with Crippen molar-refractivity contribution < 1.29 is 40.7 Å². The van der Waals surface area contributed by atoms with Crippen molar-refractivity contribution in [3.8, 4) is 11.1 Å². The molecule has 1 aliphatic heterocycles. The molecule has 0 aliphatic carbocycles. The summed E-state index contributed by atoms with van der Waals surface area (Å²) in [4.78, 5) is 29.5. The molecular weight excluding hydrogens is 580 g/mol. The fourth-order valence-corrected chi connectivity index (χ4v) is 5.11. The topological polar surface area (TPSA) is 123 Å². The van der Waals surface area contributed by atoms with Crippen molar-refractivity contribution in [3.05, 3.63) is 106 Å². The lowest BCUT2D eigenvalue weighted by Gasteiger charge is -2.26. The van der Waals surface area contributed by atoms with Crippen molar-refractivity contribution in [2.75, 3.05) is 6.61 Å². The number of benzene rings is 2. The Labute approximate surface area is 240 Å². The normalized spacial score (nSPS) is 15.5. The number of rotatable bonds is 8. The van der Waals surface area contributed by atoms with Crippen LogP contribution in [0.1, 0.15) is 57.1 Å². The van der Waals surface area contributed by atoms with Crippen LogP contribution in [0.2, 0.25) is 0 Å². The number of hydrogen-bond donors (Lipinski definition) is 3. The summed E-state index contributed by atoms with van der Waals surface area (Å²) in [6.07, 6.45) is -5.25. The molecule has 43 heavy (non-hydrogen) atoms. The number of ether oxygens (including phenoxy) is 1. The van der Waals surface area contributed by atoms with Crippen molar-refractivity contribution in [2.24, 2.45) is 5.73 Å². The second-order valence-electron chi connectivity index (χ2n) is 9.87. The maximum Gasteiger partial charge on any atom is 0.435 e. The highest BCUT2D eigenvalue weighted by molar-refractivity contribution is 5.94. The van der Waals surface area contributed by atoms with Gasteiger partial charge in [-0.3, -0.25) is 19.7 Å². The molecule has 0 saturated heterocycles. The van der Waals surface area contributed by atoms with Gasteiger partial charge in [-0.1, -0.05) is 12.1 Å². The third-order valence-electron chi connectivity index (χ3n) is 6.92. The molecule has 1 unspecified atom stereocenters. The number of nitrogens with zero attached hydrogens (tertiary/aromatic N) is 2. The van der Waals surface area contributed by atoms with Crippen LogP contribution < -0.4 is 11.1 Å². The van der Waals surface area contributed by atoms with E-state index in [1.807, 2.05) is 0 Å². The minimum atomic E-state index is -4.79. The monoisotopic (exact) mass is 603 g/mol. The molecule has 2 atom stereocenters. The number of alkyl halides is 3. The van der Waals surface area contributed by atoms with Crippen LogP contribution in [-0.2, 0) is 28.5 Å². The van der Waals surface area contributed by atoms with E-state index in [0.29, 0.717) is 17.2 Å². The molecule has 0 spiro atoms. The van der Waals surface area contributed by atoms with E-state index in [-0.39, 0.29) is 42.0 Å². The quantitative estimate of drug-likeness (QED) is 0.242. The number of halogens is 6. The molecular formula is C29H23F6N5O3. The maximum absolute atomic E-state index is 14.2. The van der Waals surface area contributed by atoms with Gasteiger partial charge in [0.1, 0.15) is 17.5 Å². The van der Waals surface area contributed by atoms with Gasteiger partial charge in [-0.05, 0) is 47.9 Å². The molecule has 2 aromatic carbocycles. The number of aromatic nitrogens is 3. The lowest BCUT2D eigenvalue weighted by atomic mass is 9.94. The number of aromatic amines is 1. The number of hydrogen-bond acceptors (Lipinski definition) is 5. The van der Waals surface area contributed by atoms with E-state index in [2.05, 4.69) is 20.5 Å². The summed E-state index contributed by atoms with van der Waals surface area (Å²) in [7, 11) is 0. The summed E-state index contributed by atoms with van der Waals surface area (Å²) in [5, 5.41) is 8.45. The molecule has 4 N–H and O–H groups in total. The Morgan fingerprint density at radius 2 is 1.84 bits per heavy atom. The van der Waals surface area contributed by atoms with Gasteiger partial charge in [0.15, 0.2) is 5.69 Å². The van der Waals surface area contributed by atoms with E-state index < -0.39 is 65.3 Å². The highest BCUT2D eigenvalue weighted by atomic mass is 19.4. The summed E-state index contributed by atoms with van der Waals surface area (Å²) in [5.41, 5.74) is 4.61. The summed E-state index contributed by atoms with van der Waals surface area (Å²) >= 11 is 0. The molecule has 4 aromatic rings. The first-order valence-electron chi connectivity index (χ1n) is 13.0. The number of carbonyl (C=O) groups excluding carboxylic acids is 2. The number of pyridine rings is 1. The van der Waals surface area contributed by atoms with Crippen molar-refractivity contribution in [2.45, 2.75) is 37.6 Å². The van der Waals surface area contributed by atoms with Crippen LogP contribution in [0.15, 0.2) is 54.7 Å². The molecule has 2 amide bonds. The molecule has 0 saturated carbocycles. The lowest BCUT2D eigenvalue weighted by molar-refractivity contribution is -0.144. The molecule has 0 bridgehead atoms. The fourth-order valence-electron chi connectivity index (χ4n) is 5.11.